The largest absolute Gasteiger partial charge is 0.398 e. The second-order valence-electron chi connectivity index (χ2n) is 5.56. The van der Waals surface area contributed by atoms with Crippen molar-refractivity contribution in [2.24, 2.45) is 0 Å². The van der Waals surface area contributed by atoms with E-state index in [1.54, 1.807) is 0 Å². The molecule has 0 bridgehead atoms. The van der Waals surface area contributed by atoms with Crippen LogP contribution in [0.2, 0.25) is 0 Å². The Morgan fingerprint density at radius 2 is 1.43 bits per heavy atom. The van der Waals surface area contributed by atoms with E-state index in [4.69, 9.17) is 10.7 Å². The Kier molecular flexibility index (Phi) is 3.28. The van der Waals surface area contributed by atoms with Crippen molar-refractivity contribution in [3.8, 4) is 22.4 Å². The third-order valence-electron chi connectivity index (χ3n) is 4.03. The Morgan fingerprint density at radius 1 is 0.652 bits per heavy atom. The van der Waals surface area contributed by atoms with E-state index in [1.807, 2.05) is 42.5 Å². The molecule has 2 heteroatoms. The van der Waals surface area contributed by atoms with E-state index in [9.17, 15) is 0 Å². The summed E-state index contributed by atoms with van der Waals surface area (Å²) in [5.74, 6) is 0. The molecule has 0 aliphatic carbocycles. The van der Waals surface area contributed by atoms with Crippen LogP contribution >= 0.6 is 0 Å². The highest BCUT2D eigenvalue weighted by Crippen LogP contribution is 2.29. The molecule has 0 atom stereocenters. The molecule has 1 heterocycles. The maximum atomic E-state index is 6.08. The van der Waals surface area contributed by atoms with Crippen molar-refractivity contribution >= 4 is 16.6 Å². The normalized spacial score (nSPS) is 10.8. The number of anilines is 1. The molecule has 1 aromatic heterocycles. The van der Waals surface area contributed by atoms with Crippen LogP contribution in [0.15, 0.2) is 84.9 Å². The molecule has 23 heavy (non-hydrogen) atoms. The Balaban J connectivity index is 1.81. The maximum absolute atomic E-state index is 6.08. The zero-order chi connectivity index (χ0) is 15.6. The smallest absolute Gasteiger partial charge is 0.0709 e. The fourth-order valence-corrected chi connectivity index (χ4v) is 2.82. The molecule has 2 N–H and O–H groups in total. The van der Waals surface area contributed by atoms with Crippen molar-refractivity contribution in [2.75, 3.05) is 5.73 Å². The summed E-state index contributed by atoms with van der Waals surface area (Å²) in [7, 11) is 0. The summed E-state index contributed by atoms with van der Waals surface area (Å²) in [6, 6.07) is 28.6. The zero-order valence-corrected chi connectivity index (χ0v) is 12.6. The fraction of sp³-hybridized carbons (Fsp3) is 0. The van der Waals surface area contributed by atoms with Gasteiger partial charge in [-0.2, -0.15) is 0 Å². The molecule has 0 unspecified atom stereocenters. The van der Waals surface area contributed by atoms with Crippen LogP contribution in [0.3, 0.4) is 0 Å². The first-order chi connectivity index (χ1) is 11.3. The number of nitrogens with zero attached hydrogens (tertiary/aromatic N) is 1. The molecule has 0 saturated heterocycles. The molecule has 0 radical (unpaired) electrons. The molecule has 2 nitrogen and oxygen atoms in total. The van der Waals surface area contributed by atoms with E-state index >= 15 is 0 Å². The topological polar surface area (TPSA) is 38.9 Å². The minimum atomic E-state index is 0.792. The lowest BCUT2D eigenvalue weighted by molar-refractivity contribution is 1.40. The van der Waals surface area contributed by atoms with Crippen molar-refractivity contribution in [3.05, 3.63) is 84.9 Å². The third kappa shape index (κ3) is 2.55. The lowest BCUT2D eigenvalue weighted by atomic mass is 10.0. The quantitative estimate of drug-likeness (QED) is 0.519. The predicted octanol–water partition coefficient (Wildman–Crippen LogP) is 5.15. The van der Waals surface area contributed by atoms with Gasteiger partial charge in [0.05, 0.1) is 11.2 Å². The van der Waals surface area contributed by atoms with E-state index < -0.39 is 0 Å². The minimum absolute atomic E-state index is 0.792. The number of para-hydroxylation sites is 1. The summed E-state index contributed by atoms with van der Waals surface area (Å²) in [6.07, 6.45) is 0. The molecule has 0 aliphatic rings. The number of fused-ring (bicyclic) bond motifs is 1. The van der Waals surface area contributed by atoms with Gasteiger partial charge in [0, 0.05) is 22.2 Å². The summed E-state index contributed by atoms with van der Waals surface area (Å²) in [6.45, 7) is 0. The van der Waals surface area contributed by atoms with Gasteiger partial charge in [-0.25, -0.2) is 4.98 Å². The first kappa shape index (κ1) is 13.5. The number of rotatable bonds is 2. The third-order valence-corrected chi connectivity index (χ3v) is 4.03. The number of hydrogen-bond acceptors (Lipinski definition) is 2. The molecule has 3 aromatic carbocycles. The highest BCUT2D eigenvalue weighted by Gasteiger charge is 2.05. The van der Waals surface area contributed by atoms with Crippen molar-refractivity contribution in [2.45, 2.75) is 0 Å². The van der Waals surface area contributed by atoms with Crippen LogP contribution in [0.25, 0.3) is 33.3 Å². The Labute approximate surface area is 135 Å². The van der Waals surface area contributed by atoms with Crippen LogP contribution in [0.4, 0.5) is 5.69 Å². The number of benzene rings is 3. The van der Waals surface area contributed by atoms with Gasteiger partial charge in [0.15, 0.2) is 0 Å². The average Bonchev–Trinajstić information content (AvgIpc) is 2.62. The highest BCUT2D eigenvalue weighted by molar-refractivity contribution is 5.88. The SMILES string of the molecule is Nc1ccccc1-c1ccc2nc(-c3ccccc3)ccc2c1. The van der Waals surface area contributed by atoms with Gasteiger partial charge in [-0.15, -0.1) is 0 Å². The first-order valence-electron chi connectivity index (χ1n) is 7.62. The van der Waals surface area contributed by atoms with Crippen LogP contribution in [0.5, 0.6) is 0 Å². The van der Waals surface area contributed by atoms with Crippen molar-refractivity contribution < 1.29 is 0 Å². The van der Waals surface area contributed by atoms with Crippen LogP contribution in [-0.2, 0) is 0 Å². The van der Waals surface area contributed by atoms with E-state index in [2.05, 4.69) is 42.5 Å². The van der Waals surface area contributed by atoms with Crippen LogP contribution in [0, 0.1) is 0 Å². The predicted molar refractivity (Wildman–Crippen MR) is 97.0 cm³/mol. The summed E-state index contributed by atoms with van der Waals surface area (Å²) in [5.41, 5.74) is 12.2. The molecule has 110 valence electrons. The number of aromatic nitrogens is 1. The molecule has 4 rings (SSSR count). The number of pyridine rings is 1. The van der Waals surface area contributed by atoms with Crippen LogP contribution in [0.1, 0.15) is 0 Å². The molecular weight excluding hydrogens is 280 g/mol. The Morgan fingerprint density at radius 3 is 2.26 bits per heavy atom. The van der Waals surface area contributed by atoms with Crippen LogP contribution < -0.4 is 5.73 Å². The molecule has 4 aromatic rings. The maximum Gasteiger partial charge on any atom is 0.0709 e. The number of nitrogens with two attached hydrogens (primary N) is 1. The van der Waals surface area contributed by atoms with Gasteiger partial charge in [0.25, 0.3) is 0 Å². The first-order valence-corrected chi connectivity index (χ1v) is 7.62. The van der Waals surface area contributed by atoms with Crippen LogP contribution in [-0.4, -0.2) is 4.98 Å². The van der Waals surface area contributed by atoms with Gasteiger partial charge in [0.2, 0.25) is 0 Å². The molecule has 0 fully saturated rings. The summed E-state index contributed by atoms with van der Waals surface area (Å²) in [4.78, 5) is 4.77. The van der Waals surface area contributed by atoms with E-state index in [1.165, 1.54) is 0 Å². The average molecular weight is 296 g/mol. The molecule has 0 amide bonds. The van der Waals surface area contributed by atoms with E-state index in [0.29, 0.717) is 0 Å². The number of nitrogen functional groups attached to an aromatic ring is 1. The molecule has 0 saturated carbocycles. The second-order valence-corrected chi connectivity index (χ2v) is 5.56. The fourth-order valence-electron chi connectivity index (χ4n) is 2.82. The molecule has 0 aliphatic heterocycles. The summed E-state index contributed by atoms with van der Waals surface area (Å²) < 4.78 is 0. The lowest BCUT2D eigenvalue weighted by Gasteiger charge is -2.08. The van der Waals surface area contributed by atoms with Gasteiger partial charge in [-0.3, -0.25) is 0 Å². The minimum Gasteiger partial charge on any atom is -0.398 e. The Bertz CT molecular complexity index is 975. The molecular formula is C21H16N2. The molecule has 0 spiro atoms. The van der Waals surface area contributed by atoms with Gasteiger partial charge in [-0.1, -0.05) is 60.7 Å². The summed E-state index contributed by atoms with van der Waals surface area (Å²) >= 11 is 0. The van der Waals surface area contributed by atoms with Crippen molar-refractivity contribution in [3.63, 3.8) is 0 Å². The lowest BCUT2D eigenvalue weighted by Crippen LogP contribution is -1.90. The van der Waals surface area contributed by atoms with Crippen molar-refractivity contribution in [1.29, 1.82) is 0 Å². The summed E-state index contributed by atoms with van der Waals surface area (Å²) in [5, 5.41) is 1.12. The van der Waals surface area contributed by atoms with E-state index in [0.717, 1.165) is 39.0 Å². The van der Waals surface area contributed by atoms with E-state index in [-0.39, 0.29) is 0 Å². The monoisotopic (exact) mass is 296 g/mol. The van der Waals surface area contributed by atoms with Crippen molar-refractivity contribution in [1.82, 2.24) is 4.98 Å². The highest BCUT2D eigenvalue weighted by atomic mass is 14.7. The standard InChI is InChI=1S/C21H16N2/c22-19-9-5-4-8-18(19)16-10-12-21-17(14-16)11-13-20(23-21)15-6-2-1-3-7-15/h1-14H,22H2. The van der Waals surface area contributed by atoms with Gasteiger partial charge in [-0.05, 0) is 29.8 Å². The van der Waals surface area contributed by atoms with Gasteiger partial charge >= 0.3 is 0 Å². The number of hydrogen-bond donors (Lipinski definition) is 1. The van der Waals surface area contributed by atoms with Gasteiger partial charge in [0.1, 0.15) is 0 Å². The van der Waals surface area contributed by atoms with Gasteiger partial charge < -0.3 is 5.73 Å². The zero-order valence-electron chi connectivity index (χ0n) is 12.6. The Hall–Kier alpha value is -3.13. The second kappa shape index (κ2) is 5.58.